The molecule has 7 nitrogen and oxygen atoms in total. The van der Waals surface area contributed by atoms with Crippen LogP contribution in [0.5, 0.6) is 0 Å². The number of pyridine rings is 1. The van der Waals surface area contributed by atoms with Crippen LogP contribution >= 0.6 is 11.3 Å². The van der Waals surface area contributed by atoms with Crippen LogP contribution in [-0.2, 0) is 13.1 Å². The zero-order valence-corrected chi connectivity index (χ0v) is 16.9. The van der Waals surface area contributed by atoms with Gasteiger partial charge in [0.2, 0.25) is 0 Å². The Morgan fingerprint density at radius 1 is 1.14 bits per heavy atom. The number of aromatic nitrogens is 2. The van der Waals surface area contributed by atoms with Gasteiger partial charge in [0.05, 0.1) is 5.69 Å². The van der Waals surface area contributed by atoms with Gasteiger partial charge in [0.15, 0.2) is 5.13 Å². The van der Waals surface area contributed by atoms with Gasteiger partial charge in [-0.25, -0.2) is 9.78 Å². The first-order valence-corrected chi connectivity index (χ1v) is 10.2. The Kier molecular flexibility index (Phi) is 5.53. The van der Waals surface area contributed by atoms with Gasteiger partial charge in [-0.3, -0.25) is 14.7 Å². The second-order valence-corrected chi connectivity index (χ2v) is 7.77. The van der Waals surface area contributed by atoms with Crippen molar-refractivity contribution in [1.82, 2.24) is 20.2 Å². The summed E-state index contributed by atoms with van der Waals surface area (Å²) in [5.41, 5.74) is 2.65. The number of thiazole rings is 1. The second-order valence-electron chi connectivity index (χ2n) is 6.80. The fraction of sp³-hybridized carbons (Fsp3) is 0.238. The first kappa shape index (κ1) is 19.1. The molecule has 1 aliphatic rings. The zero-order valence-electron chi connectivity index (χ0n) is 16.0. The number of nitrogens with one attached hydrogen (secondary N) is 1. The molecule has 1 N–H and O–H groups in total. The first-order chi connectivity index (χ1) is 14.1. The van der Waals surface area contributed by atoms with E-state index in [9.17, 15) is 9.59 Å². The monoisotopic (exact) mass is 407 g/mol. The molecule has 3 amide bonds. The normalized spacial score (nSPS) is 13.8. The number of aryl methyl sites for hydroxylation is 1. The summed E-state index contributed by atoms with van der Waals surface area (Å²) >= 11 is 1.26. The first-order valence-electron chi connectivity index (χ1n) is 9.36. The number of carbonyl (C=O) groups excluding carboxylic acids is 2. The third-order valence-corrected chi connectivity index (χ3v) is 5.89. The SMILES string of the molecule is Cc1nc(N2CCN(Cc3cccnc3)C2=O)sc1C(=O)NCc1ccccc1. The molecule has 29 heavy (non-hydrogen) atoms. The molecule has 0 spiro atoms. The number of nitrogens with zero attached hydrogens (tertiary/aromatic N) is 4. The van der Waals surface area contributed by atoms with Crippen LogP contribution < -0.4 is 10.2 Å². The van der Waals surface area contributed by atoms with Gasteiger partial charge in [0.1, 0.15) is 4.88 Å². The molecular formula is C21H21N5O2S. The van der Waals surface area contributed by atoms with Crippen molar-refractivity contribution in [3.8, 4) is 0 Å². The molecule has 8 heteroatoms. The van der Waals surface area contributed by atoms with E-state index < -0.39 is 0 Å². The molecular weight excluding hydrogens is 386 g/mol. The minimum atomic E-state index is -0.172. The molecule has 0 aliphatic carbocycles. The highest BCUT2D eigenvalue weighted by molar-refractivity contribution is 7.17. The number of amides is 3. The maximum Gasteiger partial charge on any atom is 0.326 e. The Morgan fingerprint density at radius 3 is 2.69 bits per heavy atom. The minimum Gasteiger partial charge on any atom is -0.347 e. The molecule has 148 valence electrons. The lowest BCUT2D eigenvalue weighted by molar-refractivity contribution is 0.0954. The van der Waals surface area contributed by atoms with Crippen LogP contribution in [0.4, 0.5) is 9.93 Å². The van der Waals surface area contributed by atoms with Crippen LogP contribution in [0.3, 0.4) is 0 Å². The standard InChI is InChI=1S/C21H21N5O2S/c1-15-18(19(27)23-13-16-6-3-2-4-7-16)29-20(24-15)26-11-10-25(21(26)28)14-17-8-5-9-22-12-17/h2-9,12H,10-11,13-14H2,1H3,(H,23,27). The van der Waals surface area contributed by atoms with E-state index in [1.54, 1.807) is 29.1 Å². The average molecular weight is 407 g/mol. The number of anilines is 1. The van der Waals surface area contributed by atoms with Crippen molar-refractivity contribution >= 4 is 28.4 Å². The lowest BCUT2D eigenvalue weighted by Gasteiger charge is -2.16. The quantitative estimate of drug-likeness (QED) is 0.681. The molecule has 1 saturated heterocycles. The van der Waals surface area contributed by atoms with E-state index in [0.717, 1.165) is 11.1 Å². The van der Waals surface area contributed by atoms with Crippen molar-refractivity contribution in [3.63, 3.8) is 0 Å². The van der Waals surface area contributed by atoms with Gasteiger partial charge in [0, 0.05) is 38.6 Å². The van der Waals surface area contributed by atoms with Gasteiger partial charge in [-0.2, -0.15) is 0 Å². The highest BCUT2D eigenvalue weighted by Crippen LogP contribution is 2.29. The summed E-state index contributed by atoms with van der Waals surface area (Å²) in [4.78, 5) is 37.9. The summed E-state index contributed by atoms with van der Waals surface area (Å²) in [5.74, 6) is -0.172. The lowest BCUT2D eigenvalue weighted by atomic mass is 10.2. The van der Waals surface area contributed by atoms with Gasteiger partial charge in [-0.15, -0.1) is 0 Å². The van der Waals surface area contributed by atoms with Crippen molar-refractivity contribution < 1.29 is 9.59 Å². The molecule has 0 bridgehead atoms. The van der Waals surface area contributed by atoms with E-state index in [1.165, 1.54) is 11.3 Å². The maximum absolute atomic E-state index is 12.8. The van der Waals surface area contributed by atoms with Gasteiger partial charge >= 0.3 is 6.03 Å². The molecule has 0 atom stereocenters. The van der Waals surface area contributed by atoms with Gasteiger partial charge in [-0.1, -0.05) is 47.7 Å². The van der Waals surface area contributed by atoms with E-state index in [-0.39, 0.29) is 11.9 Å². The highest BCUT2D eigenvalue weighted by atomic mass is 32.1. The van der Waals surface area contributed by atoms with Crippen LogP contribution in [0, 0.1) is 6.92 Å². The number of hydrogen-bond donors (Lipinski definition) is 1. The van der Waals surface area contributed by atoms with E-state index in [1.807, 2.05) is 42.5 Å². The summed E-state index contributed by atoms with van der Waals surface area (Å²) in [6.07, 6.45) is 3.48. The van der Waals surface area contributed by atoms with Gasteiger partial charge < -0.3 is 10.2 Å². The largest absolute Gasteiger partial charge is 0.347 e. The van der Waals surface area contributed by atoms with Gasteiger partial charge in [0.25, 0.3) is 5.91 Å². The summed E-state index contributed by atoms with van der Waals surface area (Å²) in [6, 6.07) is 13.5. The average Bonchev–Trinajstić information content (AvgIpc) is 3.30. The molecule has 3 aromatic rings. The Bertz CT molecular complexity index is 1010. The molecule has 1 aliphatic heterocycles. The van der Waals surface area contributed by atoms with Crippen LogP contribution in [0.1, 0.15) is 26.5 Å². The summed E-state index contributed by atoms with van der Waals surface area (Å²) in [5, 5.41) is 3.48. The van der Waals surface area contributed by atoms with Crippen LogP contribution in [0.15, 0.2) is 54.9 Å². The van der Waals surface area contributed by atoms with Crippen LogP contribution in [-0.4, -0.2) is 39.9 Å². The molecule has 0 unspecified atom stereocenters. The predicted octanol–water partition coefficient (Wildman–Crippen LogP) is 3.22. The summed E-state index contributed by atoms with van der Waals surface area (Å²) in [7, 11) is 0. The Balaban J connectivity index is 1.42. The van der Waals surface area contributed by atoms with E-state index in [2.05, 4.69) is 15.3 Å². The number of urea groups is 1. The number of rotatable bonds is 6. The van der Waals surface area contributed by atoms with Crippen molar-refractivity contribution in [2.75, 3.05) is 18.0 Å². The number of hydrogen-bond acceptors (Lipinski definition) is 5. The van der Waals surface area contributed by atoms with Crippen LogP contribution in [0.25, 0.3) is 0 Å². The highest BCUT2D eigenvalue weighted by Gasteiger charge is 2.32. The van der Waals surface area contributed by atoms with Crippen molar-refractivity contribution in [1.29, 1.82) is 0 Å². The van der Waals surface area contributed by atoms with E-state index >= 15 is 0 Å². The predicted molar refractivity (Wildman–Crippen MR) is 112 cm³/mol. The Morgan fingerprint density at radius 2 is 1.93 bits per heavy atom. The van der Waals surface area contributed by atoms with E-state index in [0.29, 0.717) is 41.9 Å². The molecule has 1 aromatic carbocycles. The summed E-state index contributed by atoms with van der Waals surface area (Å²) < 4.78 is 0. The van der Waals surface area contributed by atoms with Crippen LogP contribution in [0.2, 0.25) is 0 Å². The molecule has 0 radical (unpaired) electrons. The molecule has 0 saturated carbocycles. The fourth-order valence-corrected chi connectivity index (χ4v) is 4.19. The number of benzene rings is 1. The smallest absolute Gasteiger partial charge is 0.326 e. The Labute approximate surface area is 173 Å². The molecule has 1 fully saturated rings. The van der Waals surface area contributed by atoms with Crippen molar-refractivity contribution in [3.05, 3.63) is 76.6 Å². The summed E-state index contributed by atoms with van der Waals surface area (Å²) in [6.45, 7) is 3.93. The molecule has 4 rings (SSSR count). The molecule has 2 aromatic heterocycles. The van der Waals surface area contributed by atoms with E-state index in [4.69, 9.17) is 0 Å². The maximum atomic E-state index is 12.8. The lowest BCUT2D eigenvalue weighted by Crippen LogP contribution is -2.31. The third-order valence-electron chi connectivity index (χ3n) is 4.71. The zero-order chi connectivity index (χ0) is 20.2. The topological polar surface area (TPSA) is 78.4 Å². The fourth-order valence-electron chi connectivity index (χ4n) is 3.19. The number of carbonyl (C=O) groups is 2. The minimum absolute atomic E-state index is 0.0983. The second kappa shape index (κ2) is 8.40. The van der Waals surface area contributed by atoms with Crippen molar-refractivity contribution in [2.24, 2.45) is 0 Å². The Hall–Kier alpha value is -3.26. The van der Waals surface area contributed by atoms with Gasteiger partial charge in [-0.05, 0) is 24.1 Å². The van der Waals surface area contributed by atoms with Crippen molar-refractivity contribution in [2.45, 2.75) is 20.0 Å². The molecule has 3 heterocycles. The third kappa shape index (κ3) is 4.27.